The zero-order chi connectivity index (χ0) is 17.1. The predicted molar refractivity (Wildman–Crippen MR) is 90.1 cm³/mol. The Bertz CT molecular complexity index is 771. The number of amides is 1. The van der Waals surface area contributed by atoms with Crippen LogP contribution in [0.3, 0.4) is 0 Å². The van der Waals surface area contributed by atoms with Gasteiger partial charge in [-0.3, -0.25) is 4.79 Å². The second kappa shape index (κ2) is 6.74. The number of para-hydroxylation sites is 2. The summed E-state index contributed by atoms with van der Waals surface area (Å²) in [7, 11) is 0. The van der Waals surface area contributed by atoms with Gasteiger partial charge in [0.1, 0.15) is 5.75 Å². The number of anilines is 1. The number of rotatable bonds is 4. The molecule has 0 saturated heterocycles. The lowest BCUT2D eigenvalue weighted by molar-refractivity contribution is -0.125. The quantitative estimate of drug-likeness (QED) is 0.810. The summed E-state index contributed by atoms with van der Waals surface area (Å²) in [6.07, 6.45) is -0.534. The SMILES string of the molecule is CCOC(=O)c1cccc(CN2C(=O)C(C)Oc3ccccc32)c1. The van der Waals surface area contributed by atoms with Crippen molar-refractivity contribution in [2.45, 2.75) is 26.5 Å². The van der Waals surface area contributed by atoms with Crippen LogP contribution in [-0.4, -0.2) is 24.6 Å². The van der Waals surface area contributed by atoms with Crippen LogP contribution in [0.2, 0.25) is 0 Å². The minimum absolute atomic E-state index is 0.102. The molecule has 3 rings (SSSR count). The summed E-state index contributed by atoms with van der Waals surface area (Å²) in [6.45, 7) is 4.21. The molecule has 124 valence electrons. The van der Waals surface area contributed by atoms with Crippen LogP contribution in [0.25, 0.3) is 0 Å². The molecular weight excluding hydrogens is 306 g/mol. The summed E-state index contributed by atoms with van der Waals surface area (Å²) in [5.74, 6) is 0.225. The average molecular weight is 325 g/mol. The van der Waals surface area contributed by atoms with Crippen LogP contribution in [0.15, 0.2) is 48.5 Å². The molecule has 2 aromatic rings. The van der Waals surface area contributed by atoms with E-state index in [0.29, 0.717) is 24.5 Å². The van der Waals surface area contributed by atoms with Crippen LogP contribution >= 0.6 is 0 Å². The van der Waals surface area contributed by atoms with Gasteiger partial charge in [-0.05, 0) is 43.7 Å². The van der Waals surface area contributed by atoms with Gasteiger partial charge in [-0.2, -0.15) is 0 Å². The molecule has 1 aliphatic rings. The van der Waals surface area contributed by atoms with Gasteiger partial charge in [0.2, 0.25) is 0 Å². The monoisotopic (exact) mass is 325 g/mol. The third kappa shape index (κ3) is 3.11. The molecule has 0 N–H and O–H groups in total. The first-order valence-electron chi connectivity index (χ1n) is 7.93. The number of hydrogen-bond acceptors (Lipinski definition) is 4. The van der Waals surface area contributed by atoms with Crippen LogP contribution in [0.4, 0.5) is 5.69 Å². The Hall–Kier alpha value is -2.82. The average Bonchev–Trinajstić information content (AvgIpc) is 2.59. The molecule has 1 heterocycles. The van der Waals surface area contributed by atoms with Gasteiger partial charge in [0, 0.05) is 0 Å². The number of carbonyl (C=O) groups is 2. The molecule has 0 aromatic heterocycles. The van der Waals surface area contributed by atoms with Gasteiger partial charge in [-0.15, -0.1) is 0 Å². The van der Waals surface area contributed by atoms with Crippen molar-refractivity contribution < 1.29 is 19.1 Å². The molecular formula is C19H19NO4. The normalized spacial score (nSPS) is 16.3. The van der Waals surface area contributed by atoms with Gasteiger partial charge in [0.25, 0.3) is 5.91 Å². The number of benzene rings is 2. The third-order valence-corrected chi connectivity index (χ3v) is 3.85. The Morgan fingerprint density at radius 2 is 2.00 bits per heavy atom. The fraction of sp³-hybridized carbons (Fsp3) is 0.263. The largest absolute Gasteiger partial charge is 0.479 e. The molecule has 1 unspecified atom stereocenters. The zero-order valence-corrected chi connectivity index (χ0v) is 13.7. The Balaban J connectivity index is 1.89. The van der Waals surface area contributed by atoms with E-state index in [1.165, 1.54) is 0 Å². The predicted octanol–water partition coefficient (Wildman–Crippen LogP) is 3.18. The number of nitrogens with zero attached hydrogens (tertiary/aromatic N) is 1. The minimum Gasteiger partial charge on any atom is -0.479 e. The fourth-order valence-corrected chi connectivity index (χ4v) is 2.72. The lowest BCUT2D eigenvalue weighted by Gasteiger charge is -2.33. The molecule has 0 spiro atoms. The van der Waals surface area contributed by atoms with E-state index in [0.717, 1.165) is 11.3 Å². The summed E-state index contributed by atoms with van der Waals surface area (Å²) in [5, 5.41) is 0. The molecule has 1 atom stereocenters. The molecule has 2 aromatic carbocycles. The van der Waals surface area contributed by atoms with Gasteiger partial charge in [-0.1, -0.05) is 24.3 Å². The molecule has 0 radical (unpaired) electrons. The summed E-state index contributed by atoms with van der Waals surface area (Å²) in [4.78, 5) is 26.1. The second-order valence-electron chi connectivity index (χ2n) is 5.57. The van der Waals surface area contributed by atoms with E-state index in [1.807, 2.05) is 30.3 Å². The topological polar surface area (TPSA) is 55.8 Å². The highest BCUT2D eigenvalue weighted by Crippen LogP contribution is 2.34. The van der Waals surface area contributed by atoms with E-state index >= 15 is 0 Å². The molecule has 0 aliphatic carbocycles. The van der Waals surface area contributed by atoms with Gasteiger partial charge in [-0.25, -0.2) is 4.79 Å². The highest BCUT2D eigenvalue weighted by atomic mass is 16.5. The van der Waals surface area contributed by atoms with Gasteiger partial charge in [0.15, 0.2) is 6.10 Å². The molecule has 5 heteroatoms. The number of carbonyl (C=O) groups excluding carboxylic acids is 2. The van der Waals surface area contributed by atoms with Gasteiger partial charge >= 0.3 is 5.97 Å². The zero-order valence-electron chi connectivity index (χ0n) is 13.7. The number of fused-ring (bicyclic) bond motifs is 1. The first kappa shape index (κ1) is 16.1. The standard InChI is InChI=1S/C19H19NO4/c1-3-23-19(22)15-8-6-7-14(11-15)12-20-16-9-4-5-10-17(16)24-13(2)18(20)21/h4-11,13H,3,12H2,1-2H3. The van der Waals surface area contributed by atoms with E-state index in [9.17, 15) is 9.59 Å². The summed E-state index contributed by atoms with van der Waals surface area (Å²) >= 11 is 0. The lowest BCUT2D eigenvalue weighted by Crippen LogP contribution is -2.43. The summed E-state index contributed by atoms with van der Waals surface area (Å²) in [5.41, 5.74) is 2.08. The number of hydrogen-bond donors (Lipinski definition) is 0. The first-order valence-corrected chi connectivity index (χ1v) is 7.93. The van der Waals surface area contributed by atoms with Gasteiger partial charge in [0.05, 0.1) is 24.4 Å². The Labute approximate surface area is 140 Å². The van der Waals surface area contributed by atoms with Crippen LogP contribution in [-0.2, 0) is 16.1 Å². The van der Waals surface area contributed by atoms with Crippen LogP contribution < -0.4 is 9.64 Å². The smallest absolute Gasteiger partial charge is 0.338 e. The van der Waals surface area contributed by atoms with Crippen molar-refractivity contribution in [2.24, 2.45) is 0 Å². The Morgan fingerprint density at radius 3 is 2.79 bits per heavy atom. The Morgan fingerprint density at radius 1 is 1.21 bits per heavy atom. The first-order chi connectivity index (χ1) is 11.6. The summed E-state index contributed by atoms with van der Waals surface area (Å²) in [6, 6.07) is 14.6. The van der Waals surface area contributed by atoms with Crippen molar-refractivity contribution in [3.05, 3.63) is 59.7 Å². The van der Waals surface area contributed by atoms with Gasteiger partial charge < -0.3 is 14.4 Å². The highest BCUT2D eigenvalue weighted by molar-refractivity contribution is 5.99. The van der Waals surface area contributed by atoms with Crippen molar-refractivity contribution in [1.82, 2.24) is 0 Å². The van der Waals surface area contributed by atoms with E-state index in [2.05, 4.69) is 0 Å². The highest BCUT2D eigenvalue weighted by Gasteiger charge is 2.31. The molecule has 5 nitrogen and oxygen atoms in total. The molecule has 24 heavy (non-hydrogen) atoms. The van der Waals surface area contributed by atoms with E-state index in [1.54, 1.807) is 36.9 Å². The van der Waals surface area contributed by atoms with Crippen molar-refractivity contribution >= 4 is 17.6 Å². The number of esters is 1. The van der Waals surface area contributed by atoms with Crippen LogP contribution in [0, 0.1) is 0 Å². The Kier molecular flexibility index (Phi) is 4.51. The minimum atomic E-state index is -0.534. The summed E-state index contributed by atoms with van der Waals surface area (Å²) < 4.78 is 10.7. The molecule has 1 aliphatic heterocycles. The molecule has 1 amide bonds. The number of ether oxygens (including phenoxy) is 2. The van der Waals surface area contributed by atoms with Crippen LogP contribution in [0.5, 0.6) is 5.75 Å². The molecule has 0 bridgehead atoms. The van der Waals surface area contributed by atoms with Crippen molar-refractivity contribution in [2.75, 3.05) is 11.5 Å². The van der Waals surface area contributed by atoms with E-state index in [4.69, 9.17) is 9.47 Å². The fourth-order valence-electron chi connectivity index (χ4n) is 2.72. The maximum absolute atomic E-state index is 12.5. The van der Waals surface area contributed by atoms with E-state index < -0.39 is 6.10 Å². The lowest BCUT2D eigenvalue weighted by atomic mass is 10.1. The van der Waals surface area contributed by atoms with Crippen LogP contribution in [0.1, 0.15) is 29.8 Å². The maximum atomic E-state index is 12.5. The second-order valence-corrected chi connectivity index (χ2v) is 5.57. The molecule has 0 fully saturated rings. The molecule has 0 saturated carbocycles. The van der Waals surface area contributed by atoms with Crippen molar-refractivity contribution in [1.29, 1.82) is 0 Å². The van der Waals surface area contributed by atoms with E-state index in [-0.39, 0.29) is 11.9 Å². The third-order valence-electron chi connectivity index (χ3n) is 3.85. The van der Waals surface area contributed by atoms with Crippen molar-refractivity contribution in [3.63, 3.8) is 0 Å². The van der Waals surface area contributed by atoms with Crippen molar-refractivity contribution in [3.8, 4) is 5.75 Å². The maximum Gasteiger partial charge on any atom is 0.338 e.